The summed E-state index contributed by atoms with van der Waals surface area (Å²) < 4.78 is 1.71. The maximum atomic E-state index is 13.2. The zero-order valence-electron chi connectivity index (χ0n) is 16.3. The maximum absolute atomic E-state index is 13.2. The van der Waals surface area contributed by atoms with Crippen LogP contribution in [-0.4, -0.2) is 32.1 Å². The van der Waals surface area contributed by atoms with Gasteiger partial charge in [0, 0.05) is 12.4 Å². The monoisotopic (exact) mass is 391 g/mol. The number of carbonyl (C=O) groups is 1. The van der Waals surface area contributed by atoms with Gasteiger partial charge in [-0.2, -0.15) is 10.4 Å². The van der Waals surface area contributed by atoms with E-state index in [0.717, 1.165) is 36.9 Å². The van der Waals surface area contributed by atoms with Gasteiger partial charge in [-0.3, -0.25) is 9.80 Å². The van der Waals surface area contributed by atoms with Gasteiger partial charge in [0.05, 0.1) is 35.1 Å². The molecular weight excluding hydrogens is 366 g/mol. The number of nitriles is 1. The third-order valence-electron chi connectivity index (χ3n) is 6.40. The lowest BCUT2D eigenvalue weighted by Gasteiger charge is -2.31. The number of nitrogens with one attached hydrogen (secondary N) is 3. The van der Waals surface area contributed by atoms with Crippen molar-refractivity contribution in [2.24, 2.45) is 5.92 Å². The van der Waals surface area contributed by atoms with Crippen molar-refractivity contribution in [2.75, 3.05) is 0 Å². The topological polar surface area (TPSA) is 97.5 Å². The Morgan fingerprint density at radius 1 is 1.31 bits per heavy atom. The Labute approximate surface area is 169 Å². The molecule has 0 saturated heterocycles. The first-order valence-corrected chi connectivity index (χ1v) is 10.4. The van der Waals surface area contributed by atoms with Gasteiger partial charge in [0.2, 0.25) is 0 Å². The first kappa shape index (κ1) is 18.0. The van der Waals surface area contributed by atoms with Crippen molar-refractivity contribution in [3.63, 3.8) is 0 Å². The first-order chi connectivity index (χ1) is 14.2. The Bertz CT molecular complexity index is 994. The lowest BCUT2D eigenvalue weighted by Crippen LogP contribution is -2.48. The van der Waals surface area contributed by atoms with Crippen LogP contribution in [0, 0.1) is 17.2 Å². The third-order valence-corrected chi connectivity index (χ3v) is 6.40. The van der Waals surface area contributed by atoms with E-state index < -0.39 is 5.54 Å². The first-order valence-electron chi connectivity index (χ1n) is 10.4. The van der Waals surface area contributed by atoms with E-state index in [1.807, 2.05) is 35.6 Å². The van der Waals surface area contributed by atoms with Crippen LogP contribution in [0.15, 0.2) is 42.5 Å². The molecule has 2 aromatic heterocycles. The summed E-state index contributed by atoms with van der Waals surface area (Å²) in [5.41, 5.74) is 8.17. The summed E-state index contributed by atoms with van der Waals surface area (Å²) in [5, 5.41) is 18.9. The van der Waals surface area contributed by atoms with Crippen LogP contribution in [0.4, 0.5) is 0 Å². The SMILES string of the molecule is N#CC1(N2C=C(C(NC(=O)c3cnn4ccccc34)C3CCCCC3)NN2)CC1. The molecule has 3 aliphatic rings. The van der Waals surface area contributed by atoms with Gasteiger partial charge < -0.3 is 10.7 Å². The number of nitrogens with zero attached hydrogens (tertiary/aromatic N) is 4. The second-order valence-corrected chi connectivity index (χ2v) is 8.27. The number of rotatable bonds is 5. The molecule has 0 bridgehead atoms. The zero-order chi connectivity index (χ0) is 19.8. The highest BCUT2D eigenvalue weighted by Crippen LogP contribution is 2.41. The number of carbonyl (C=O) groups excluding carboxylic acids is 1. The quantitative estimate of drug-likeness (QED) is 0.723. The summed E-state index contributed by atoms with van der Waals surface area (Å²) in [6.45, 7) is 0. The van der Waals surface area contributed by atoms with Gasteiger partial charge in [0.25, 0.3) is 5.91 Å². The normalized spacial score (nSPS) is 21.9. The highest BCUT2D eigenvalue weighted by molar-refractivity contribution is 6.00. The van der Waals surface area contributed by atoms with Crippen LogP contribution in [0.3, 0.4) is 0 Å². The van der Waals surface area contributed by atoms with E-state index in [4.69, 9.17) is 0 Å². The minimum absolute atomic E-state index is 0.121. The minimum Gasteiger partial charge on any atom is -0.343 e. The molecule has 29 heavy (non-hydrogen) atoms. The third kappa shape index (κ3) is 3.21. The standard InChI is InChI=1S/C21H25N7O/c22-14-21(9-10-21)28-13-17(25-26-28)19(15-6-2-1-3-7-15)24-20(29)16-12-23-27-11-5-4-8-18(16)27/h4-5,8,11-13,15,19,25-26H,1-3,6-7,9-10H2,(H,24,29). The summed E-state index contributed by atoms with van der Waals surface area (Å²) in [6.07, 6.45) is 12.9. The number of hydrazine groups is 2. The molecule has 1 aliphatic heterocycles. The van der Waals surface area contributed by atoms with Crippen molar-refractivity contribution in [1.29, 1.82) is 5.26 Å². The highest BCUT2D eigenvalue weighted by atomic mass is 16.1. The predicted molar refractivity (Wildman–Crippen MR) is 107 cm³/mol. The van der Waals surface area contributed by atoms with Gasteiger partial charge in [-0.1, -0.05) is 25.3 Å². The molecule has 1 unspecified atom stereocenters. The lowest BCUT2D eigenvalue weighted by molar-refractivity contribution is 0.0923. The van der Waals surface area contributed by atoms with E-state index in [0.29, 0.717) is 11.5 Å². The molecule has 3 heterocycles. The Hall–Kier alpha value is -3.05. The van der Waals surface area contributed by atoms with Gasteiger partial charge in [-0.15, -0.1) is 5.53 Å². The van der Waals surface area contributed by atoms with Crippen LogP contribution in [0.25, 0.3) is 5.52 Å². The lowest BCUT2D eigenvalue weighted by atomic mass is 9.82. The van der Waals surface area contributed by atoms with E-state index in [1.54, 1.807) is 10.7 Å². The summed E-state index contributed by atoms with van der Waals surface area (Å²) in [5.74, 6) is 0.247. The van der Waals surface area contributed by atoms with Gasteiger partial charge >= 0.3 is 0 Å². The fraction of sp³-hybridized carbons (Fsp3) is 0.476. The second kappa shape index (κ2) is 7.08. The van der Waals surface area contributed by atoms with Crippen molar-refractivity contribution in [2.45, 2.75) is 56.5 Å². The van der Waals surface area contributed by atoms with Crippen LogP contribution >= 0.6 is 0 Å². The van der Waals surface area contributed by atoms with E-state index in [9.17, 15) is 10.1 Å². The van der Waals surface area contributed by atoms with Gasteiger partial charge in [-0.05, 0) is 43.7 Å². The molecule has 3 N–H and O–H groups in total. The number of amides is 1. The fourth-order valence-corrected chi connectivity index (χ4v) is 4.49. The molecule has 0 spiro atoms. The van der Waals surface area contributed by atoms with Crippen LogP contribution in [0.1, 0.15) is 55.3 Å². The number of aromatic nitrogens is 2. The minimum atomic E-state index is -0.460. The molecule has 1 atom stereocenters. The van der Waals surface area contributed by atoms with Crippen molar-refractivity contribution in [3.05, 3.63) is 48.1 Å². The van der Waals surface area contributed by atoms with Crippen molar-refractivity contribution in [3.8, 4) is 6.07 Å². The van der Waals surface area contributed by atoms with Crippen LogP contribution < -0.4 is 16.3 Å². The average Bonchev–Trinajstić information content (AvgIpc) is 3.20. The highest BCUT2D eigenvalue weighted by Gasteiger charge is 2.50. The van der Waals surface area contributed by atoms with E-state index >= 15 is 0 Å². The van der Waals surface area contributed by atoms with E-state index in [2.05, 4.69) is 27.4 Å². The molecule has 2 aromatic rings. The Kier molecular flexibility index (Phi) is 4.40. The smallest absolute Gasteiger partial charge is 0.255 e. The van der Waals surface area contributed by atoms with Crippen LogP contribution in [-0.2, 0) is 0 Å². The summed E-state index contributed by atoms with van der Waals surface area (Å²) >= 11 is 0. The maximum Gasteiger partial charge on any atom is 0.255 e. The molecule has 8 nitrogen and oxygen atoms in total. The molecule has 5 rings (SSSR count). The summed E-state index contributed by atoms with van der Waals surface area (Å²) in [7, 11) is 0. The van der Waals surface area contributed by atoms with Crippen molar-refractivity contribution in [1.82, 2.24) is 30.9 Å². The molecule has 2 saturated carbocycles. The molecule has 0 aromatic carbocycles. The van der Waals surface area contributed by atoms with Crippen LogP contribution in [0.2, 0.25) is 0 Å². The Balaban J connectivity index is 1.41. The molecule has 1 amide bonds. The predicted octanol–water partition coefficient (Wildman–Crippen LogP) is 2.24. The molecule has 2 fully saturated rings. The van der Waals surface area contributed by atoms with Crippen LogP contribution in [0.5, 0.6) is 0 Å². The number of hydrogen-bond acceptors (Lipinski definition) is 6. The van der Waals surface area contributed by atoms with Crippen molar-refractivity contribution < 1.29 is 4.79 Å². The summed E-state index contributed by atoms with van der Waals surface area (Å²) in [6, 6.07) is 7.97. The van der Waals surface area contributed by atoms with Gasteiger partial charge in [0.15, 0.2) is 0 Å². The van der Waals surface area contributed by atoms with E-state index in [-0.39, 0.29) is 11.9 Å². The largest absolute Gasteiger partial charge is 0.343 e. The molecule has 2 aliphatic carbocycles. The fourth-order valence-electron chi connectivity index (χ4n) is 4.49. The zero-order valence-corrected chi connectivity index (χ0v) is 16.3. The number of pyridine rings is 1. The molecular formula is C21H25N7O. The van der Waals surface area contributed by atoms with Gasteiger partial charge in [0.1, 0.15) is 5.54 Å². The Morgan fingerprint density at radius 2 is 2.14 bits per heavy atom. The number of hydrogen-bond donors (Lipinski definition) is 3. The van der Waals surface area contributed by atoms with Gasteiger partial charge in [-0.25, -0.2) is 4.52 Å². The molecule has 8 heteroatoms. The van der Waals surface area contributed by atoms with E-state index in [1.165, 1.54) is 19.3 Å². The second-order valence-electron chi connectivity index (χ2n) is 8.27. The average molecular weight is 391 g/mol. The number of fused-ring (bicyclic) bond motifs is 1. The Morgan fingerprint density at radius 3 is 2.90 bits per heavy atom. The molecule has 0 radical (unpaired) electrons. The summed E-state index contributed by atoms with van der Waals surface area (Å²) in [4.78, 5) is 13.2. The van der Waals surface area contributed by atoms with Crippen molar-refractivity contribution >= 4 is 11.4 Å². The molecule has 150 valence electrons.